The van der Waals surface area contributed by atoms with Crippen LogP contribution in [-0.2, 0) is 4.74 Å². The number of ether oxygens (including phenoxy) is 2. The summed E-state index contributed by atoms with van der Waals surface area (Å²) in [5, 5.41) is 0. The Kier molecular flexibility index (Phi) is 13.7. The highest BCUT2D eigenvalue weighted by atomic mass is 16.5. The van der Waals surface area contributed by atoms with E-state index in [0.29, 0.717) is 11.3 Å². The fourth-order valence-corrected chi connectivity index (χ4v) is 3.01. The zero-order chi connectivity index (χ0) is 20.5. The minimum absolute atomic E-state index is 0.108. The molecule has 0 amide bonds. The van der Waals surface area contributed by atoms with Crippen LogP contribution in [0.5, 0.6) is 5.75 Å². The van der Waals surface area contributed by atoms with E-state index in [0.717, 1.165) is 19.6 Å². The molecule has 1 rings (SSSR count). The summed E-state index contributed by atoms with van der Waals surface area (Å²) in [4.78, 5) is 14.6. The van der Waals surface area contributed by atoms with Gasteiger partial charge >= 0.3 is 5.97 Å². The van der Waals surface area contributed by atoms with E-state index < -0.39 is 5.97 Å². The predicted molar refractivity (Wildman–Crippen MR) is 116 cm³/mol. The van der Waals surface area contributed by atoms with Gasteiger partial charge in [0.1, 0.15) is 11.3 Å². The van der Waals surface area contributed by atoms with E-state index in [-0.39, 0.29) is 6.61 Å². The molecule has 4 heteroatoms. The van der Waals surface area contributed by atoms with Gasteiger partial charge in [-0.05, 0) is 38.1 Å². The number of hydrogen-bond donors (Lipinski definition) is 0. The van der Waals surface area contributed by atoms with Gasteiger partial charge in [0.15, 0.2) is 6.61 Å². The van der Waals surface area contributed by atoms with E-state index in [1.54, 1.807) is 25.3 Å². The topological polar surface area (TPSA) is 38.8 Å². The Morgan fingerprint density at radius 3 is 2.18 bits per heavy atom. The molecule has 0 aromatic heterocycles. The highest BCUT2D eigenvalue weighted by molar-refractivity contribution is 5.92. The number of carbonyl (C=O) groups is 1. The molecule has 0 unspecified atom stereocenters. The maximum absolute atomic E-state index is 12.1. The van der Waals surface area contributed by atoms with Crippen molar-refractivity contribution in [3.63, 3.8) is 0 Å². The van der Waals surface area contributed by atoms with Crippen molar-refractivity contribution in [1.82, 2.24) is 4.90 Å². The SMILES string of the molecule is CCCCCCN(CC#CCOC(=O)c1ccccc1OC)CCCCCC. The van der Waals surface area contributed by atoms with E-state index in [1.165, 1.54) is 51.4 Å². The zero-order valence-corrected chi connectivity index (χ0v) is 18.0. The fraction of sp³-hybridized carbons (Fsp3) is 0.625. The van der Waals surface area contributed by atoms with E-state index in [9.17, 15) is 4.79 Å². The zero-order valence-electron chi connectivity index (χ0n) is 18.0. The molecule has 0 N–H and O–H groups in total. The molecular weight excluding hydrogens is 350 g/mol. The second kappa shape index (κ2) is 16.0. The van der Waals surface area contributed by atoms with Gasteiger partial charge in [-0.1, -0.05) is 76.3 Å². The number of nitrogens with zero attached hydrogens (tertiary/aromatic N) is 1. The van der Waals surface area contributed by atoms with Crippen LogP contribution < -0.4 is 4.74 Å². The minimum atomic E-state index is -0.400. The molecule has 0 bridgehead atoms. The highest BCUT2D eigenvalue weighted by Gasteiger charge is 2.11. The average Bonchev–Trinajstić information content (AvgIpc) is 2.73. The molecule has 0 heterocycles. The van der Waals surface area contributed by atoms with Gasteiger partial charge < -0.3 is 9.47 Å². The Bertz CT molecular complexity index is 591. The van der Waals surface area contributed by atoms with Crippen LogP contribution in [0.2, 0.25) is 0 Å². The summed E-state index contributed by atoms with van der Waals surface area (Å²) in [5.41, 5.74) is 0.431. The number of carbonyl (C=O) groups excluding carboxylic acids is 1. The van der Waals surface area contributed by atoms with Gasteiger partial charge in [0.05, 0.1) is 13.7 Å². The second-order valence-corrected chi connectivity index (χ2v) is 7.03. The van der Waals surface area contributed by atoms with Gasteiger partial charge in [0.2, 0.25) is 0 Å². The summed E-state index contributed by atoms with van der Waals surface area (Å²) < 4.78 is 10.5. The first-order chi connectivity index (χ1) is 13.7. The third-order valence-electron chi connectivity index (χ3n) is 4.69. The molecule has 0 atom stereocenters. The predicted octanol–water partition coefficient (Wildman–Crippen LogP) is 5.32. The van der Waals surface area contributed by atoms with Gasteiger partial charge in [-0.2, -0.15) is 0 Å². The molecule has 0 spiro atoms. The average molecular weight is 388 g/mol. The normalized spacial score (nSPS) is 10.4. The lowest BCUT2D eigenvalue weighted by atomic mass is 10.1. The quantitative estimate of drug-likeness (QED) is 0.246. The number of unbranched alkanes of at least 4 members (excludes halogenated alkanes) is 6. The Balaban J connectivity index is 2.41. The largest absolute Gasteiger partial charge is 0.496 e. The van der Waals surface area contributed by atoms with Crippen molar-refractivity contribution in [1.29, 1.82) is 0 Å². The number of rotatable bonds is 14. The van der Waals surface area contributed by atoms with Crippen molar-refractivity contribution in [3.05, 3.63) is 29.8 Å². The molecule has 0 aliphatic carbocycles. The Labute approximate surface area is 171 Å². The van der Waals surface area contributed by atoms with Crippen LogP contribution in [0, 0.1) is 11.8 Å². The summed E-state index contributed by atoms with van der Waals surface area (Å²) in [5.74, 6) is 6.27. The van der Waals surface area contributed by atoms with Crippen LogP contribution in [0.4, 0.5) is 0 Å². The smallest absolute Gasteiger partial charge is 0.342 e. The molecule has 0 saturated carbocycles. The van der Waals surface area contributed by atoms with Crippen molar-refractivity contribution in [2.75, 3.05) is 33.4 Å². The lowest BCUT2D eigenvalue weighted by Gasteiger charge is -2.19. The van der Waals surface area contributed by atoms with E-state index in [1.807, 2.05) is 6.07 Å². The van der Waals surface area contributed by atoms with E-state index in [4.69, 9.17) is 9.47 Å². The molecule has 0 aliphatic heterocycles. The first-order valence-electron chi connectivity index (χ1n) is 10.7. The van der Waals surface area contributed by atoms with Crippen molar-refractivity contribution in [3.8, 4) is 17.6 Å². The molecule has 0 aliphatic rings. The fourth-order valence-electron chi connectivity index (χ4n) is 3.01. The van der Waals surface area contributed by atoms with Crippen LogP contribution >= 0.6 is 0 Å². The summed E-state index contributed by atoms with van der Waals surface area (Å²) >= 11 is 0. The molecular formula is C24H37NO3. The van der Waals surface area contributed by atoms with Crippen molar-refractivity contribution in [2.24, 2.45) is 0 Å². The maximum Gasteiger partial charge on any atom is 0.342 e. The van der Waals surface area contributed by atoms with Gasteiger partial charge in [0, 0.05) is 0 Å². The van der Waals surface area contributed by atoms with Crippen molar-refractivity contribution >= 4 is 5.97 Å². The number of methoxy groups -OCH3 is 1. The lowest BCUT2D eigenvalue weighted by molar-refractivity contribution is 0.0553. The summed E-state index contributed by atoms with van der Waals surface area (Å²) in [6.07, 6.45) is 10.1. The summed E-state index contributed by atoms with van der Waals surface area (Å²) in [6, 6.07) is 7.06. The molecule has 156 valence electrons. The number of benzene rings is 1. The van der Waals surface area contributed by atoms with Crippen LogP contribution in [0.1, 0.15) is 75.6 Å². The van der Waals surface area contributed by atoms with Crippen LogP contribution in [0.25, 0.3) is 0 Å². The Morgan fingerprint density at radius 2 is 1.57 bits per heavy atom. The number of hydrogen-bond acceptors (Lipinski definition) is 4. The summed E-state index contributed by atoms with van der Waals surface area (Å²) in [7, 11) is 1.54. The number of esters is 1. The van der Waals surface area contributed by atoms with Gasteiger partial charge in [-0.15, -0.1) is 0 Å². The van der Waals surface area contributed by atoms with Crippen LogP contribution in [0.15, 0.2) is 24.3 Å². The molecule has 4 nitrogen and oxygen atoms in total. The maximum atomic E-state index is 12.1. The monoisotopic (exact) mass is 387 g/mol. The minimum Gasteiger partial charge on any atom is -0.496 e. The lowest BCUT2D eigenvalue weighted by Crippen LogP contribution is -2.26. The molecule has 1 aromatic carbocycles. The van der Waals surface area contributed by atoms with Gasteiger partial charge in [-0.25, -0.2) is 4.79 Å². The van der Waals surface area contributed by atoms with E-state index >= 15 is 0 Å². The first kappa shape index (κ1) is 24.0. The van der Waals surface area contributed by atoms with Crippen molar-refractivity contribution in [2.45, 2.75) is 65.2 Å². The van der Waals surface area contributed by atoms with Crippen LogP contribution in [-0.4, -0.2) is 44.2 Å². The summed E-state index contributed by atoms with van der Waals surface area (Å²) in [6.45, 7) is 7.52. The first-order valence-corrected chi connectivity index (χ1v) is 10.7. The third kappa shape index (κ3) is 10.4. The molecule has 0 fully saturated rings. The van der Waals surface area contributed by atoms with Gasteiger partial charge in [-0.3, -0.25) is 4.90 Å². The Morgan fingerprint density at radius 1 is 0.929 bits per heavy atom. The van der Waals surface area contributed by atoms with Crippen molar-refractivity contribution < 1.29 is 14.3 Å². The van der Waals surface area contributed by atoms with Gasteiger partial charge in [0.25, 0.3) is 0 Å². The Hall–Kier alpha value is -1.99. The molecule has 0 radical (unpaired) electrons. The molecule has 28 heavy (non-hydrogen) atoms. The second-order valence-electron chi connectivity index (χ2n) is 7.03. The highest BCUT2D eigenvalue weighted by Crippen LogP contribution is 2.17. The van der Waals surface area contributed by atoms with Crippen LogP contribution in [0.3, 0.4) is 0 Å². The third-order valence-corrected chi connectivity index (χ3v) is 4.69. The molecule has 1 aromatic rings. The molecule has 0 saturated heterocycles. The number of para-hydroxylation sites is 1. The van der Waals surface area contributed by atoms with E-state index in [2.05, 4.69) is 30.6 Å². The standard InChI is InChI=1S/C24H37NO3/c1-4-6-8-12-18-25(19-13-9-7-5-2)20-14-15-21-28-24(26)22-16-10-11-17-23(22)27-3/h10-11,16-17H,4-9,12-13,18-21H2,1-3H3.